The van der Waals surface area contributed by atoms with Crippen molar-refractivity contribution in [1.29, 1.82) is 5.26 Å². The van der Waals surface area contributed by atoms with Gasteiger partial charge in [-0.2, -0.15) is 5.26 Å². The first-order valence-corrected chi connectivity index (χ1v) is 9.35. The average Bonchev–Trinajstić information content (AvgIpc) is 2.92. The second-order valence-electron chi connectivity index (χ2n) is 7.56. The minimum Gasteiger partial charge on any atom is -0.315 e. The predicted octanol–water partition coefficient (Wildman–Crippen LogP) is 1.97. The Balaban J connectivity index is 1.38. The molecule has 4 nitrogen and oxygen atoms in total. The lowest BCUT2D eigenvalue weighted by atomic mass is 9.53. The molecule has 4 saturated carbocycles. The smallest absolute Gasteiger partial charge is 0.238 e. The first kappa shape index (κ1) is 13.9. The Hall–Kier alpha value is -0.730. The van der Waals surface area contributed by atoms with Gasteiger partial charge in [0.15, 0.2) is 0 Å². The molecule has 114 valence electrons. The van der Waals surface area contributed by atoms with Crippen LogP contribution < -0.4 is 5.32 Å². The minimum atomic E-state index is -0.222. The van der Waals surface area contributed by atoms with Crippen LogP contribution >= 0.6 is 11.8 Å². The number of nitrogens with one attached hydrogen (secondary N) is 1. The number of nitriles is 1. The van der Waals surface area contributed by atoms with Crippen molar-refractivity contribution < 1.29 is 4.79 Å². The number of carbonyl (C=O) groups excluding carboxylic acids is 1. The molecule has 1 N–H and O–H groups in total. The summed E-state index contributed by atoms with van der Waals surface area (Å²) in [5.41, 5.74) is 0.236. The third kappa shape index (κ3) is 2.47. The summed E-state index contributed by atoms with van der Waals surface area (Å²) >= 11 is 1.68. The Labute approximate surface area is 130 Å². The van der Waals surface area contributed by atoms with Crippen molar-refractivity contribution in [2.75, 3.05) is 18.2 Å². The van der Waals surface area contributed by atoms with E-state index in [4.69, 9.17) is 5.26 Å². The van der Waals surface area contributed by atoms with Crippen LogP contribution in [0.2, 0.25) is 0 Å². The molecule has 5 rings (SSSR count). The van der Waals surface area contributed by atoms with Gasteiger partial charge in [0.25, 0.3) is 0 Å². The van der Waals surface area contributed by atoms with Gasteiger partial charge < -0.3 is 10.2 Å². The molecule has 0 aromatic heterocycles. The fraction of sp³-hybridized carbons (Fsp3) is 0.875. The Morgan fingerprint density at radius 3 is 2.43 bits per heavy atom. The second kappa shape index (κ2) is 5.17. The Bertz CT molecular complexity index is 451. The minimum absolute atomic E-state index is 0.113. The van der Waals surface area contributed by atoms with Crippen molar-refractivity contribution in [1.82, 2.24) is 10.2 Å². The second-order valence-corrected chi connectivity index (χ2v) is 8.56. The Kier molecular flexibility index (Phi) is 3.42. The highest BCUT2D eigenvalue weighted by atomic mass is 32.2. The first-order valence-electron chi connectivity index (χ1n) is 8.19. The fourth-order valence-corrected chi connectivity index (χ4v) is 6.59. The molecule has 21 heavy (non-hydrogen) atoms. The van der Waals surface area contributed by atoms with Gasteiger partial charge in [0.1, 0.15) is 6.04 Å². The van der Waals surface area contributed by atoms with E-state index < -0.39 is 0 Å². The molecule has 1 heterocycles. The lowest BCUT2D eigenvalue weighted by molar-refractivity contribution is -0.131. The van der Waals surface area contributed by atoms with E-state index in [2.05, 4.69) is 11.4 Å². The lowest BCUT2D eigenvalue weighted by Gasteiger charge is -2.57. The summed E-state index contributed by atoms with van der Waals surface area (Å²) in [4.78, 5) is 14.2. The number of thioether (sulfide) groups is 1. The summed E-state index contributed by atoms with van der Waals surface area (Å²) in [5, 5.41) is 12.7. The normalized spacial score (nSPS) is 44.0. The molecule has 4 aliphatic carbocycles. The summed E-state index contributed by atoms with van der Waals surface area (Å²) in [7, 11) is 0. The van der Waals surface area contributed by atoms with E-state index in [-0.39, 0.29) is 17.5 Å². The van der Waals surface area contributed by atoms with E-state index in [9.17, 15) is 4.79 Å². The van der Waals surface area contributed by atoms with Crippen LogP contribution in [0.5, 0.6) is 0 Å². The molecule has 5 fully saturated rings. The van der Waals surface area contributed by atoms with E-state index in [1.54, 1.807) is 16.7 Å². The topological polar surface area (TPSA) is 56.1 Å². The zero-order valence-electron chi connectivity index (χ0n) is 12.4. The molecule has 4 bridgehead atoms. The number of hydrogen-bond acceptors (Lipinski definition) is 4. The van der Waals surface area contributed by atoms with Crippen LogP contribution in [0, 0.1) is 29.1 Å². The van der Waals surface area contributed by atoms with E-state index in [1.807, 2.05) is 0 Å². The van der Waals surface area contributed by atoms with Gasteiger partial charge in [0.05, 0.1) is 18.5 Å². The molecular weight excluding hydrogens is 282 g/mol. The van der Waals surface area contributed by atoms with E-state index >= 15 is 0 Å². The van der Waals surface area contributed by atoms with Crippen molar-refractivity contribution in [3.05, 3.63) is 0 Å². The van der Waals surface area contributed by atoms with Crippen molar-refractivity contribution in [3.8, 4) is 6.07 Å². The van der Waals surface area contributed by atoms with Crippen LogP contribution in [0.1, 0.15) is 38.5 Å². The van der Waals surface area contributed by atoms with Crippen molar-refractivity contribution in [2.24, 2.45) is 17.8 Å². The maximum Gasteiger partial charge on any atom is 0.238 e. The largest absolute Gasteiger partial charge is 0.315 e. The monoisotopic (exact) mass is 305 g/mol. The number of amides is 1. The van der Waals surface area contributed by atoms with Gasteiger partial charge in [-0.1, -0.05) is 0 Å². The number of carbonyl (C=O) groups is 1. The van der Waals surface area contributed by atoms with Gasteiger partial charge in [-0.05, 0) is 56.3 Å². The van der Waals surface area contributed by atoms with Gasteiger partial charge >= 0.3 is 0 Å². The number of nitrogens with zero attached hydrogens (tertiary/aromatic N) is 2. The molecule has 0 spiro atoms. The van der Waals surface area contributed by atoms with Crippen LogP contribution in [-0.2, 0) is 4.79 Å². The Morgan fingerprint density at radius 2 is 1.86 bits per heavy atom. The molecular formula is C16H23N3OS. The summed E-state index contributed by atoms with van der Waals surface area (Å²) in [6.45, 7) is 0.422. The molecule has 0 aromatic carbocycles. The molecule has 5 aliphatic rings. The summed E-state index contributed by atoms with van der Waals surface area (Å²) in [6.07, 6.45) is 8.07. The molecule has 1 amide bonds. The predicted molar refractivity (Wildman–Crippen MR) is 82.5 cm³/mol. The van der Waals surface area contributed by atoms with Crippen LogP contribution in [0.25, 0.3) is 0 Å². The third-order valence-corrected chi connectivity index (χ3v) is 7.02. The molecule has 1 saturated heterocycles. The Morgan fingerprint density at radius 1 is 1.24 bits per heavy atom. The SMILES string of the molecule is N#CC1CSCN1C(=O)CNC12CC3CC(CC(C3)C1)C2. The highest BCUT2D eigenvalue weighted by molar-refractivity contribution is 7.99. The molecule has 1 unspecified atom stereocenters. The van der Waals surface area contributed by atoms with Gasteiger partial charge in [0, 0.05) is 11.3 Å². The maximum absolute atomic E-state index is 12.4. The van der Waals surface area contributed by atoms with Crippen LogP contribution in [0.4, 0.5) is 0 Å². The third-order valence-electron chi connectivity index (χ3n) is 6.00. The highest BCUT2D eigenvalue weighted by Gasteiger charge is 2.50. The van der Waals surface area contributed by atoms with Crippen LogP contribution in [0.15, 0.2) is 0 Å². The zero-order chi connectivity index (χ0) is 14.4. The molecule has 1 atom stereocenters. The average molecular weight is 305 g/mol. The van der Waals surface area contributed by atoms with E-state index in [0.29, 0.717) is 12.4 Å². The quantitative estimate of drug-likeness (QED) is 0.866. The van der Waals surface area contributed by atoms with Crippen LogP contribution in [0.3, 0.4) is 0 Å². The van der Waals surface area contributed by atoms with Crippen LogP contribution in [-0.4, -0.2) is 40.6 Å². The lowest BCUT2D eigenvalue weighted by Crippen LogP contribution is -2.60. The van der Waals surface area contributed by atoms with Gasteiger partial charge in [-0.3, -0.25) is 4.79 Å². The summed E-state index contributed by atoms with van der Waals surface area (Å²) in [5.74, 6) is 4.25. The summed E-state index contributed by atoms with van der Waals surface area (Å²) < 4.78 is 0. The zero-order valence-corrected chi connectivity index (χ0v) is 13.2. The van der Waals surface area contributed by atoms with E-state index in [1.165, 1.54) is 38.5 Å². The molecule has 1 aliphatic heterocycles. The first-order chi connectivity index (χ1) is 10.2. The highest BCUT2D eigenvalue weighted by Crippen LogP contribution is 2.55. The van der Waals surface area contributed by atoms with Crippen molar-refractivity contribution in [2.45, 2.75) is 50.1 Å². The maximum atomic E-state index is 12.4. The fourth-order valence-electron chi connectivity index (χ4n) is 5.49. The summed E-state index contributed by atoms with van der Waals surface area (Å²) in [6, 6.07) is 2.02. The van der Waals surface area contributed by atoms with Gasteiger partial charge in [-0.15, -0.1) is 11.8 Å². The molecule has 5 heteroatoms. The standard InChI is InChI=1S/C16H23N3OS/c17-7-14-9-21-10-19(14)15(20)8-18-16-4-11-1-12(5-16)3-13(2-11)6-16/h11-14,18H,1-6,8-10H2. The number of rotatable bonds is 3. The molecule has 0 aromatic rings. The van der Waals surface area contributed by atoms with E-state index in [0.717, 1.165) is 23.5 Å². The van der Waals surface area contributed by atoms with Gasteiger partial charge in [-0.25, -0.2) is 0 Å². The van der Waals surface area contributed by atoms with Gasteiger partial charge in [0.2, 0.25) is 5.91 Å². The van der Waals surface area contributed by atoms with Crippen molar-refractivity contribution >= 4 is 17.7 Å². The van der Waals surface area contributed by atoms with Crippen molar-refractivity contribution in [3.63, 3.8) is 0 Å². The molecule has 0 radical (unpaired) electrons. The number of hydrogen-bond donors (Lipinski definition) is 1.